The number of hydrogen-bond donors (Lipinski definition) is 1. The van der Waals surface area contributed by atoms with E-state index in [1.54, 1.807) is 7.11 Å². The summed E-state index contributed by atoms with van der Waals surface area (Å²) in [6.07, 6.45) is 19.2. The summed E-state index contributed by atoms with van der Waals surface area (Å²) >= 11 is 0. The molecule has 2 atom stereocenters. The number of likely N-dealkylation sites (N-methyl/N-ethyl adjacent to an activating group) is 1. The second kappa shape index (κ2) is 28.1. The Morgan fingerprint density at radius 3 is 2.19 bits per heavy atom. The van der Waals surface area contributed by atoms with Gasteiger partial charge in [0.05, 0.1) is 7.11 Å². The molecule has 4 heteroatoms. The number of nitrogens with zero attached hydrogens (tertiary/aromatic N) is 1. The van der Waals surface area contributed by atoms with Crippen LogP contribution in [0.15, 0.2) is 53.8 Å². The molecule has 0 spiro atoms. The Labute approximate surface area is 255 Å². The number of allylic oxidation sites excluding steroid dienone is 4. The van der Waals surface area contributed by atoms with Gasteiger partial charge in [0, 0.05) is 55.1 Å². The molecule has 1 aromatic carbocycles. The van der Waals surface area contributed by atoms with Gasteiger partial charge in [0.25, 0.3) is 0 Å². The first-order chi connectivity index (χ1) is 17.2. The van der Waals surface area contributed by atoms with Crippen LogP contribution >= 0.6 is 0 Å². The summed E-state index contributed by atoms with van der Waals surface area (Å²) in [7, 11) is 3.77. The summed E-state index contributed by atoms with van der Waals surface area (Å²) in [5, 5.41) is 0. The van der Waals surface area contributed by atoms with Gasteiger partial charge < -0.3 is 10.5 Å². The van der Waals surface area contributed by atoms with Crippen LogP contribution in [0, 0.1) is 43.1 Å². The van der Waals surface area contributed by atoms with E-state index in [1.165, 1.54) is 50.5 Å². The number of hydrogen-bond acceptors (Lipinski definition) is 3. The number of rotatable bonds is 14. The molecular weight excluding hydrogens is 678 g/mol. The maximum absolute atomic E-state index is 5.78. The number of ether oxygens (including phenoxy) is 1. The molecule has 0 saturated carbocycles. The third-order valence-electron chi connectivity index (χ3n) is 5.89. The van der Waals surface area contributed by atoms with Gasteiger partial charge in [-0.05, 0) is 33.2 Å². The SMILES string of the molecule is CC/C=C\C=C(/C)C(c1[c-]cc(OC)cc1)N(C)C/C=C(\C)N.CCC.CCCCCCC(C)CC.[U]. The van der Waals surface area contributed by atoms with Crippen molar-refractivity contribution in [2.75, 3.05) is 20.7 Å². The Balaban J connectivity index is -0.000000692. The maximum atomic E-state index is 5.78. The van der Waals surface area contributed by atoms with Crippen LogP contribution in [-0.2, 0) is 0 Å². The molecule has 0 saturated heterocycles. The van der Waals surface area contributed by atoms with Crippen molar-refractivity contribution in [3.63, 3.8) is 0 Å². The van der Waals surface area contributed by atoms with E-state index in [4.69, 9.17) is 10.5 Å². The minimum absolute atomic E-state index is 0. The zero-order chi connectivity index (χ0) is 27.8. The van der Waals surface area contributed by atoms with Crippen LogP contribution in [0.3, 0.4) is 0 Å². The Morgan fingerprint density at radius 2 is 1.73 bits per heavy atom. The number of methoxy groups -OCH3 is 1. The molecule has 3 nitrogen and oxygen atoms in total. The van der Waals surface area contributed by atoms with Crippen molar-refractivity contribution in [3.05, 3.63) is 65.4 Å². The molecule has 0 amide bonds. The topological polar surface area (TPSA) is 38.5 Å². The normalized spacial score (nSPS) is 13.2. The van der Waals surface area contributed by atoms with Crippen molar-refractivity contribution in [2.45, 2.75) is 113 Å². The van der Waals surface area contributed by atoms with Crippen LogP contribution in [0.4, 0.5) is 0 Å². The van der Waals surface area contributed by atoms with Gasteiger partial charge in [-0.3, -0.25) is 4.90 Å². The van der Waals surface area contributed by atoms with Crippen molar-refractivity contribution >= 4 is 0 Å². The Hall–Kier alpha value is -0.948. The van der Waals surface area contributed by atoms with Crippen molar-refractivity contribution < 1.29 is 35.9 Å². The molecule has 0 fully saturated rings. The van der Waals surface area contributed by atoms with Crippen LogP contribution in [0.1, 0.15) is 118 Å². The van der Waals surface area contributed by atoms with E-state index in [2.05, 4.69) is 90.8 Å². The molecule has 0 aliphatic heterocycles. The second-order valence-corrected chi connectivity index (χ2v) is 9.79. The zero-order valence-electron chi connectivity index (χ0n) is 26.0. The molecule has 1 rings (SSSR count). The van der Waals surface area contributed by atoms with Crippen LogP contribution in [-0.4, -0.2) is 25.6 Å². The molecule has 37 heavy (non-hydrogen) atoms. The largest absolute Gasteiger partial charge is 0.554 e. The van der Waals surface area contributed by atoms with Gasteiger partial charge in [0.2, 0.25) is 0 Å². The average molecular weight is 738 g/mol. The Morgan fingerprint density at radius 1 is 1.08 bits per heavy atom. The summed E-state index contributed by atoms with van der Waals surface area (Å²) in [6, 6.07) is 9.43. The van der Waals surface area contributed by atoms with E-state index in [9.17, 15) is 0 Å². The molecule has 0 aliphatic rings. The first kappa shape index (κ1) is 40.5. The van der Waals surface area contributed by atoms with Gasteiger partial charge in [-0.15, -0.1) is 17.7 Å². The number of benzene rings is 1. The quantitative estimate of drug-likeness (QED) is 0.118. The van der Waals surface area contributed by atoms with Gasteiger partial charge in [-0.2, -0.15) is 12.1 Å². The predicted octanol–water partition coefficient (Wildman–Crippen LogP) is 9.66. The van der Waals surface area contributed by atoms with Crippen LogP contribution in [0.2, 0.25) is 0 Å². The van der Waals surface area contributed by atoms with Crippen LogP contribution in [0.5, 0.6) is 5.75 Å². The van der Waals surface area contributed by atoms with E-state index in [1.807, 2.05) is 25.1 Å². The van der Waals surface area contributed by atoms with Crippen LogP contribution in [0.25, 0.3) is 0 Å². The first-order valence-corrected chi connectivity index (χ1v) is 14.2. The van der Waals surface area contributed by atoms with Gasteiger partial charge in [-0.25, -0.2) is 0 Å². The van der Waals surface area contributed by atoms with E-state index in [-0.39, 0.29) is 37.2 Å². The van der Waals surface area contributed by atoms with Crippen LogP contribution < -0.4 is 10.5 Å². The fourth-order valence-electron chi connectivity index (χ4n) is 3.51. The molecule has 1 aromatic rings. The molecular formula is C33H59N2OU-. The summed E-state index contributed by atoms with van der Waals surface area (Å²) in [6.45, 7) is 18.1. The standard InChI is InChI=1S/C20H29N2O.C10H22.C3H8.U/c1-6-7-8-9-16(2)20(22(4)15-14-17(3)21)18-10-12-19(23-5)13-11-18;1-4-6-7-8-9-10(3)5-2;1-3-2;/h7-10,12-14,20H,6,15,21H2,1-5H3;10H,4-9H2,1-3H3;3H2,1-2H3;/q-1;;;/b8-7-,16-9+,17-14+;;;. The fraction of sp³-hybridized carbons (Fsp3) is 0.636. The van der Waals surface area contributed by atoms with Gasteiger partial charge in [0.1, 0.15) is 0 Å². The van der Waals surface area contributed by atoms with Gasteiger partial charge in [-0.1, -0.05) is 116 Å². The van der Waals surface area contributed by atoms with E-state index >= 15 is 0 Å². The molecule has 0 heterocycles. The first-order valence-electron chi connectivity index (χ1n) is 14.2. The van der Waals surface area contributed by atoms with Crippen molar-refractivity contribution in [3.8, 4) is 5.75 Å². The van der Waals surface area contributed by atoms with E-state index in [0.717, 1.165) is 35.9 Å². The van der Waals surface area contributed by atoms with Gasteiger partial charge in [0.15, 0.2) is 0 Å². The predicted molar refractivity (Wildman–Crippen MR) is 163 cm³/mol. The van der Waals surface area contributed by atoms with Crippen molar-refractivity contribution in [1.29, 1.82) is 0 Å². The van der Waals surface area contributed by atoms with E-state index < -0.39 is 0 Å². The fourth-order valence-corrected chi connectivity index (χ4v) is 3.51. The Bertz CT molecular complexity index is 706. The maximum Gasteiger partial charge on any atom is 0.0606 e. The third-order valence-corrected chi connectivity index (χ3v) is 5.89. The zero-order valence-corrected chi connectivity index (χ0v) is 30.2. The number of nitrogens with two attached hydrogens (primary N) is 1. The molecule has 0 radical (unpaired) electrons. The molecule has 212 valence electrons. The summed E-state index contributed by atoms with van der Waals surface area (Å²) < 4.78 is 5.23. The molecule has 0 aromatic heterocycles. The van der Waals surface area contributed by atoms with E-state index in [0.29, 0.717) is 0 Å². The molecule has 0 bridgehead atoms. The van der Waals surface area contributed by atoms with Crippen molar-refractivity contribution in [1.82, 2.24) is 4.90 Å². The summed E-state index contributed by atoms with van der Waals surface area (Å²) in [4.78, 5) is 2.26. The minimum Gasteiger partial charge on any atom is -0.554 e. The second-order valence-electron chi connectivity index (χ2n) is 9.79. The molecule has 0 aliphatic carbocycles. The Kier molecular flexibility index (Phi) is 30.8. The summed E-state index contributed by atoms with van der Waals surface area (Å²) in [5.74, 6) is 1.78. The summed E-state index contributed by atoms with van der Waals surface area (Å²) in [5.41, 5.74) is 9.00. The van der Waals surface area contributed by atoms with Gasteiger partial charge >= 0.3 is 0 Å². The number of unbranched alkanes of at least 4 members (excludes halogenated alkanes) is 3. The molecule has 2 unspecified atom stereocenters. The smallest absolute Gasteiger partial charge is 0.0606 e. The average Bonchev–Trinajstić information content (AvgIpc) is 2.87. The third kappa shape index (κ3) is 22.7. The molecule has 2 N–H and O–H groups in total. The monoisotopic (exact) mass is 738 g/mol. The minimum atomic E-state index is 0. The van der Waals surface area contributed by atoms with Crippen molar-refractivity contribution in [2.24, 2.45) is 11.7 Å².